The average molecular weight is 223 g/mol. The van der Waals surface area contributed by atoms with Gasteiger partial charge in [0.05, 0.1) is 12.4 Å². The molecule has 1 unspecified atom stereocenters. The van der Waals surface area contributed by atoms with Gasteiger partial charge in [-0.2, -0.15) is 0 Å². The van der Waals surface area contributed by atoms with Crippen LogP contribution < -0.4 is 10.1 Å². The van der Waals surface area contributed by atoms with E-state index in [-0.39, 0.29) is 11.3 Å². The van der Waals surface area contributed by atoms with Gasteiger partial charge < -0.3 is 10.1 Å². The molecule has 3 nitrogen and oxygen atoms in total. The Morgan fingerprint density at radius 1 is 1.53 bits per heavy atom. The molecule has 0 aliphatic carbocycles. The predicted molar refractivity (Wildman–Crippen MR) is 61.0 cm³/mol. The lowest BCUT2D eigenvalue weighted by atomic mass is 10.2. The minimum atomic E-state index is 0.0419. The Morgan fingerprint density at radius 2 is 2.33 bits per heavy atom. The second-order valence-corrected chi connectivity index (χ2v) is 4.32. The van der Waals surface area contributed by atoms with E-state index < -0.39 is 0 Å². The standard InChI is InChI=1S/C11H13NO2S/c1-2-14-9-6-4-3-5-8(9)11-12-10(13)7-15-11/h3-6,11H,2,7H2,1H3,(H,12,13). The zero-order valence-corrected chi connectivity index (χ0v) is 9.34. The van der Waals surface area contributed by atoms with Gasteiger partial charge in [-0.15, -0.1) is 11.8 Å². The number of carbonyl (C=O) groups excluding carboxylic acids is 1. The zero-order valence-electron chi connectivity index (χ0n) is 8.53. The molecule has 0 radical (unpaired) electrons. The lowest BCUT2D eigenvalue weighted by Gasteiger charge is -2.14. The van der Waals surface area contributed by atoms with Gasteiger partial charge in [-0.05, 0) is 13.0 Å². The van der Waals surface area contributed by atoms with Crippen LogP contribution >= 0.6 is 11.8 Å². The summed E-state index contributed by atoms with van der Waals surface area (Å²) in [6, 6.07) is 7.83. The van der Waals surface area contributed by atoms with Crippen LogP contribution in [-0.2, 0) is 4.79 Å². The minimum Gasteiger partial charge on any atom is -0.493 e. The van der Waals surface area contributed by atoms with Crippen molar-refractivity contribution in [2.24, 2.45) is 0 Å². The first-order chi connectivity index (χ1) is 7.31. The van der Waals surface area contributed by atoms with E-state index in [9.17, 15) is 4.79 Å². The molecule has 0 aromatic heterocycles. The molecule has 0 saturated carbocycles. The van der Waals surface area contributed by atoms with Gasteiger partial charge in [0.1, 0.15) is 11.1 Å². The molecule has 1 fully saturated rings. The van der Waals surface area contributed by atoms with Crippen molar-refractivity contribution >= 4 is 17.7 Å². The highest BCUT2D eigenvalue weighted by atomic mass is 32.2. The minimum absolute atomic E-state index is 0.0419. The molecular weight excluding hydrogens is 210 g/mol. The van der Waals surface area contributed by atoms with Crippen molar-refractivity contribution in [2.75, 3.05) is 12.4 Å². The van der Waals surface area contributed by atoms with Crippen LogP contribution in [0.1, 0.15) is 17.9 Å². The molecule has 4 heteroatoms. The quantitative estimate of drug-likeness (QED) is 0.851. The maximum Gasteiger partial charge on any atom is 0.231 e. The SMILES string of the molecule is CCOc1ccccc1C1NC(=O)CS1. The zero-order chi connectivity index (χ0) is 10.7. The average Bonchev–Trinajstić information content (AvgIpc) is 2.66. The Balaban J connectivity index is 2.22. The molecule has 1 N–H and O–H groups in total. The molecule has 1 heterocycles. The van der Waals surface area contributed by atoms with Crippen molar-refractivity contribution in [3.8, 4) is 5.75 Å². The highest BCUT2D eigenvalue weighted by Gasteiger charge is 2.25. The second-order valence-electron chi connectivity index (χ2n) is 3.23. The van der Waals surface area contributed by atoms with Gasteiger partial charge in [0.15, 0.2) is 0 Å². The summed E-state index contributed by atoms with van der Waals surface area (Å²) < 4.78 is 5.52. The van der Waals surface area contributed by atoms with Crippen molar-refractivity contribution < 1.29 is 9.53 Å². The van der Waals surface area contributed by atoms with Crippen molar-refractivity contribution in [2.45, 2.75) is 12.3 Å². The number of amides is 1. The van der Waals surface area contributed by atoms with E-state index in [1.807, 2.05) is 31.2 Å². The molecule has 0 spiro atoms. The Hall–Kier alpha value is -1.16. The van der Waals surface area contributed by atoms with Crippen molar-refractivity contribution in [3.63, 3.8) is 0 Å². The molecule has 1 aliphatic rings. The number of rotatable bonds is 3. The molecule has 1 aromatic carbocycles. The number of hydrogen-bond donors (Lipinski definition) is 1. The van der Waals surface area contributed by atoms with E-state index in [1.165, 1.54) is 0 Å². The maximum atomic E-state index is 11.1. The lowest BCUT2D eigenvalue weighted by Crippen LogP contribution is -2.19. The molecule has 1 saturated heterocycles. The van der Waals surface area contributed by atoms with Crippen LogP contribution in [0, 0.1) is 0 Å². The van der Waals surface area contributed by atoms with Crippen LogP contribution in [0.3, 0.4) is 0 Å². The molecule has 1 atom stereocenters. The predicted octanol–water partition coefficient (Wildman–Crippen LogP) is 1.95. The van der Waals surface area contributed by atoms with E-state index >= 15 is 0 Å². The van der Waals surface area contributed by atoms with Gasteiger partial charge in [-0.3, -0.25) is 4.79 Å². The first-order valence-corrected chi connectivity index (χ1v) is 5.99. The first kappa shape index (κ1) is 10.4. The summed E-state index contributed by atoms with van der Waals surface area (Å²) in [5, 5.41) is 2.95. The summed E-state index contributed by atoms with van der Waals surface area (Å²) in [4.78, 5) is 11.1. The summed E-state index contributed by atoms with van der Waals surface area (Å²) in [6.45, 7) is 2.60. The third kappa shape index (κ3) is 2.26. The van der Waals surface area contributed by atoms with Crippen LogP contribution in [0.2, 0.25) is 0 Å². The van der Waals surface area contributed by atoms with Gasteiger partial charge in [0, 0.05) is 5.56 Å². The van der Waals surface area contributed by atoms with Crippen LogP contribution in [0.15, 0.2) is 24.3 Å². The third-order valence-electron chi connectivity index (χ3n) is 2.17. The number of benzene rings is 1. The highest BCUT2D eigenvalue weighted by Crippen LogP contribution is 2.35. The fourth-order valence-electron chi connectivity index (χ4n) is 1.54. The van der Waals surface area contributed by atoms with Gasteiger partial charge in [-0.25, -0.2) is 0 Å². The third-order valence-corrected chi connectivity index (χ3v) is 3.31. The number of nitrogens with one attached hydrogen (secondary N) is 1. The largest absolute Gasteiger partial charge is 0.493 e. The number of ether oxygens (including phenoxy) is 1. The summed E-state index contributed by atoms with van der Waals surface area (Å²) in [5.74, 6) is 1.49. The molecule has 80 valence electrons. The van der Waals surface area contributed by atoms with Gasteiger partial charge in [0.25, 0.3) is 0 Å². The Morgan fingerprint density at radius 3 is 3.00 bits per heavy atom. The molecule has 15 heavy (non-hydrogen) atoms. The van der Waals surface area contributed by atoms with E-state index in [4.69, 9.17) is 4.74 Å². The molecular formula is C11H13NO2S. The number of thioether (sulfide) groups is 1. The maximum absolute atomic E-state index is 11.1. The van der Waals surface area contributed by atoms with E-state index in [0.29, 0.717) is 12.4 Å². The summed E-state index contributed by atoms with van der Waals surface area (Å²) >= 11 is 1.60. The molecule has 1 amide bonds. The molecule has 0 bridgehead atoms. The summed E-state index contributed by atoms with van der Waals surface area (Å²) in [5.41, 5.74) is 1.05. The van der Waals surface area contributed by atoms with E-state index in [1.54, 1.807) is 11.8 Å². The lowest BCUT2D eigenvalue weighted by molar-refractivity contribution is -0.118. The molecule has 2 rings (SSSR count). The second kappa shape index (κ2) is 4.57. The molecule has 1 aliphatic heterocycles. The topological polar surface area (TPSA) is 38.3 Å². The van der Waals surface area contributed by atoms with Gasteiger partial charge in [-0.1, -0.05) is 18.2 Å². The fourth-order valence-corrected chi connectivity index (χ4v) is 2.53. The smallest absolute Gasteiger partial charge is 0.231 e. The highest BCUT2D eigenvalue weighted by molar-refractivity contribution is 8.00. The monoisotopic (exact) mass is 223 g/mol. The normalized spacial score (nSPS) is 20.1. The summed E-state index contributed by atoms with van der Waals surface area (Å²) in [7, 11) is 0. The van der Waals surface area contributed by atoms with Crippen LogP contribution in [0.25, 0.3) is 0 Å². The van der Waals surface area contributed by atoms with Gasteiger partial charge in [0.2, 0.25) is 5.91 Å². The molecule has 1 aromatic rings. The van der Waals surface area contributed by atoms with Crippen molar-refractivity contribution in [3.05, 3.63) is 29.8 Å². The number of hydrogen-bond acceptors (Lipinski definition) is 3. The number of carbonyl (C=O) groups is 1. The van der Waals surface area contributed by atoms with Crippen LogP contribution in [-0.4, -0.2) is 18.3 Å². The van der Waals surface area contributed by atoms with Crippen molar-refractivity contribution in [1.82, 2.24) is 5.32 Å². The van der Waals surface area contributed by atoms with Crippen molar-refractivity contribution in [1.29, 1.82) is 0 Å². The Labute approximate surface area is 93.2 Å². The number of para-hydroxylation sites is 1. The Kier molecular flexibility index (Phi) is 3.16. The van der Waals surface area contributed by atoms with E-state index in [0.717, 1.165) is 11.3 Å². The van der Waals surface area contributed by atoms with E-state index in [2.05, 4.69) is 5.32 Å². The van der Waals surface area contributed by atoms with Crippen LogP contribution in [0.5, 0.6) is 5.75 Å². The fraction of sp³-hybridized carbons (Fsp3) is 0.364. The first-order valence-electron chi connectivity index (χ1n) is 4.94. The summed E-state index contributed by atoms with van der Waals surface area (Å²) in [6.07, 6.45) is 0. The van der Waals surface area contributed by atoms with Crippen LogP contribution in [0.4, 0.5) is 0 Å². The Bertz CT molecular complexity index is 367. The van der Waals surface area contributed by atoms with Gasteiger partial charge >= 0.3 is 0 Å².